The van der Waals surface area contributed by atoms with Crippen LogP contribution in [0.5, 0.6) is 5.75 Å². The molecule has 0 spiro atoms. The molecule has 2 aromatic rings. The van der Waals surface area contributed by atoms with Crippen molar-refractivity contribution < 1.29 is 13.9 Å². The van der Waals surface area contributed by atoms with Crippen LogP contribution >= 0.6 is 15.9 Å². The van der Waals surface area contributed by atoms with Crippen LogP contribution in [0.25, 0.3) is 0 Å². The zero-order valence-electron chi connectivity index (χ0n) is 11.2. The van der Waals surface area contributed by atoms with Crippen LogP contribution in [0.1, 0.15) is 16.1 Å². The molecule has 0 saturated heterocycles. The molecule has 0 unspecified atom stereocenters. The molecule has 0 aliphatic carbocycles. The van der Waals surface area contributed by atoms with Gasteiger partial charge in [0, 0.05) is 24.4 Å². The zero-order valence-corrected chi connectivity index (χ0v) is 12.8. The summed E-state index contributed by atoms with van der Waals surface area (Å²) in [6.07, 6.45) is 0. The molecule has 0 atom stereocenters. The van der Waals surface area contributed by atoms with Crippen LogP contribution in [-0.4, -0.2) is 25.0 Å². The van der Waals surface area contributed by atoms with Crippen LogP contribution in [0.4, 0.5) is 5.69 Å². The summed E-state index contributed by atoms with van der Waals surface area (Å²) in [6, 6.07) is 8.55. The van der Waals surface area contributed by atoms with Crippen LogP contribution in [0.15, 0.2) is 39.4 Å². The van der Waals surface area contributed by atoms with Crippen molar-refractivity contribution in [3.63, 3.8) is 0 Å². The second-order valence-corrected chi connectivity index (χ2v) is 5.14. The first kappa shape index (κ1) is 14.5. The second-order valence-electron chi connectivity index (χ2n) is 4.36. The lowest BCUT2D eigenvalue weighted by molar-refractivity contribution is 0.0774. The number of nitrogen functional groups attached to an aromatic ring is 1. The van der Waals surface area contributed by atoms with E-state index in [1.165, 1.54) is 7.11 Å². The normalized spacial score (nSPS) is 10.3. The summed E-state index contributed by atoms with van der Waals surface area (Å²) in [6.45, 7) is 0.377. The predicted molar refractivity (Wildman–Crippen MR) is 79.6 cm³/mol. The molecule has 1 aromatic carbocycles. The maximum atomic E-state index is 12.3. The van der Waals surface area contributed by atoms with E-state index < -0.39 is 0 Å². The molecule has 1 amide bonds. The number of methoxy groups -OCH3 is 1. The fourth-order valence-corrected chi connectivity index (χ4v) is 2.17. The maximum absolute atomic E-state index is 12.3. The summed E-state index contributed by atoms with van der Waals surface area (Å²) in [4.78, 5) is 13.9. The molecule has 2 N–H and O–H groups in total. The Morgan fingerprint density at radius 2 is 2.15 bits per heavy atom. The molecule has 0 aliphatic heterocycles. The second kappa shape index (κ2) is 6.00. The van der Waals surface area contributed by atoms with Crippen molar-refractivity contribution in [1.29, 1.82) is 0 Å². The number of halogens is 1. The highest BCUT2D eigenvalue weighted by atomic mass is 79.9. The van der Waals surface area contributed by atoms with Gasteiger partial charge in [-0.1, -0.05) is 0 Å². The standard InChI is InChI=1S/C14H15BrN2O3/c1-17(8-11-3-4-13(15)20-11)14(18)9-5-10(16)7-12(6-9)19-2/h3-7H,8,16H2,1-2H3. The summed E-state index contributed by atoms with van der Waals surface area (Å²) in [5.74, 6) is 1.11. The van der Waals surface area contributed by atoms with Gasteiger partial charge in [-0.2, -0.15) is 0 Å². The molecule has 5 nitrogen and oxygen atoms in total. The number of nitrogens with zero attached hydrogens (tertiary/aromatic N) is 1. The summed E-state index contributed by atoms with van der Waals surface area (Å²) in [7, 11) is 3.24. The van der Waals surface area contributed by atoms with E-state index in [1.54, 1.807) is 36.2 Å². The van der Waals surface area contributed by atoms with Crippen molar-refractivity contribution in [2.75, 3.05) is 19.9 Å². The van der Waals surface area contributed by atoms with E-state index in [1.807, 2.05) is 6.07 Å². The highest BCUT2D eigenvalue weighted by Crippen LogP contribution is 2.21. The van der Waals surface area contributed by atoms with Crippen LogP contribution < -0.4 is 10.5 Å². The lowest BCUT2D eigenvalue weighted by atomic mass is 10.1. The highest BCUT2D eigenvalue weighted by Gasteiger charge is 2.15. The number of carbonyl (C=O) groups is 1. The van der Waals surface area contributed by atoms with Crippen molar-refractivity contribution >= 4 is 27.5 Å². The van der Waals surface area contributed by atoms with Gasteiger partial charge in [0.2, 0.25) is 0 Å². The number of anilines is 1. The average Bonchev–Trinajstić information content (AvgIpc) is 2.82. The first-order chi connectivity index (χ1) is 9.49. The Kier molecular flexibility index (Phi) is 4.34. The third-order valence-electron chi connectivity index (χ3n) is 2.78. The van der Waals surface area contributed by atoms with E-state index >= 15 is 0 Å². The van der Waals surface area contributed by atoms with Gasteiger partial charge in [-0.25, -0.2) is 0 Å². The molecule has 1 heterocycles. The number of carbonyl (C=O) groups excluding carboxylic acids is 1. The maximum Gasteiger partial charge on any atom is 0.254 e. The molecule has 2 rings (SSSR count). The third-order valence-corrected chi connectivity index (χ3v) is 3.21. The molecular weight excluding hydrogens is 324 g/mol. The number of benzene rings is 1. The van der Waals surface area contributed by atoms with Crippen LogP contribution in [-0.2, 0) is 6.54 Å². The zero-order chi connectivity index (χ0) is 14.7. The van der Waals surface area contributed by atoms with Gasteiger partial charge in [-0.05, 0) is 40.2 Å². The van der Waals surface area contributed by atoms with Crippen molar-refractivity contribution in [2.24, 2.45) is 0 Å². The molecule has 1 aromatic heterocycles. The van der Waals surface area contributed by atoms with Crippen molar-refractivity contribution in [3.05, 3.63) is 46.3 Å². The number of hydrogen-bond acceptors (Lipinski definition) is 4. The fourth-order valence-electron chi connectivity index (χ4n) is 1.83. The Balaban J connectivity index is 2.15. The number of hydrogen-bond donors (Lipinski definition) is 1. The average molecular weight is 339 g/mol. The molecule has 6 heteroatoms. The number of ether oxygens (including phenoxy) is 1. The minimum Gasteiger partial charge on any atom is -0.497 e. The quantitative estimate of drug-likeness (QED) is 0.870. The topological polar surface area (TPSA) is 68.7 Å². The van der Waals surface area contributed by atoms with Gasteiger partial charge in [0.05, 0.1) is 13.7 Å². The van der Waals surface area contributed by atoms with Gasteiger partial charge >= 0.3 is 0 Å². The first-order valence-corrected chi connectivity index (χ1v) is 6.73. The number of furan rings is 1. The lowest BCUT2D eigenvalue weighted by Gasteiger charge is -2.16. The minimum atomic E-state index is -0.150. The van der Waals surface area contributed by atoms with E-state index in [0.717, 1.165) is 0 Å². The molecular formula is C14H15BrN2O3. The predicted octanol–water partition coefficient (Wildman–Crippen LogP) is 2.91. The molecule has 0 fully saturated rings. The van der Waals surface area contributed by atoms with Gasteiger partial charge in [-0.15, -0.1) is 0 Å². The Labute approximate surface area is 125 Å². The first-order valence-electron chi connectivity index (χ1n) is 5.94. The number of nitrogens with two attached hydrogens (primary N) is 1. The van der Waals surface area contributed by atoms with E-state index in [0.29, 0.717) is 34.0 Å². The molecule has 106 valence electrons. The number of amides is 1. The Bertz CT molecular complexity index is 625. The van der Waals surface area contributed by atoms with Gasteiger partial charge in [0.15, 0.2) is 4.67 Å². The molecule has 0 radical (unpaired) electrons. The smallest absolute Gasteiger partial charge is 0.254 e. The van der Waals surface area contributed by atoms with Gasteiger partial charge in [0.25, 0.3) is 5.91 Å². The summed E-state index contributed by atoms with van der Waals surface area (Å²) < 4.78 is 11.1. The summed E-state index contributed by atoms with van der Waals surface area (Å²) >= 11 is 3.23. The molecule has 0 aliphatic rings. The van der Waals surface area contributed by atoms with E-state index in [9.17, 15) is 4.79 Å². The van der Waals surface area contributed by atoms with Gasteiger partial charge in [-0.3, -0.25) is 4.79 Å². The van der Waals surface area contributed by atoms with Crippen molar-refractivity contribution in [2.45, 2.75) is 6.54 Å². The summed E-state index contributed by atoms with van der Waals surface area (Å²) in [5, 5.41) is 0. The highest BCUT2D eigenvalue weighted by molar-refractivity contribution is 9.10. The monoisotopic (exact) mass is 338 g/mol. The van der Waals surface area contributed by atoms with E-state index in [4.69, 9.17) is 14.9 Å². The van der Waals surface area contributed by atoms with Crippen molar-refractivity contribution in [1.82, 2.24) is 4.90 Å². The Hall–Kier alpha value is -1.95. The van der Waals surface area contributed by atoms with Gasteiger partial charge in [0.1, 0.15) is 11.5 Å². The lowest BCUT2D eigenvalue weighted by Crippen LogP contribution is -2.26. The summed E-state index contributed by atoms with van der Waals surface area (Å²) in [5.41, 5.74) is 6.72. The van der Waals surface area contributed by atoms with Gasteiger partial charge < -0.3 is 19.8 Å². The van der Waals surface area contributed by atoms with Crippen molar-refractivity contribution in [3.8, 4) is 5.75 Å². The third kappa shape index (κ3) is 3.33. The minimum absolute atomic E-state index is 0.150. The van der Waals surface area contributed by atoms with Crippen LogP contribution in [0, 0.1) is 0 Å². The Morgan fingerprint density at radius 3 is 2.75 bits per heavy atom. The van der Waals surface area contributed by atoms with E-state index in [2.05, 4.69) is 15.9 Å². The Morgan fingerprint density at radius 1 is 1.40 bits per heavy atom. The molecule has 0 bridgehead atoms. The molecule has 20 heavy (non-hydrogen) atoms. The number of rotatable bonds is 4. The SMILES string of the molecule is COc1cc(N)cc(C(=O)N(C)Cc2ccc(Br)o2)c1. The largest absolute Gasteiger partial charge is 0.497 e. The van der Waals surface area contributed by atoms with Crippen LogP contribution in [0.3, 0.4) is 0 Å². The molecule has 0 saturated carbocycles. The van der Waals surface area contributed by atoms with Crippen LogP contribution in [0.2, 0.25) is 0 Å². The fraction of sp³-hybridized carbons (Fsp3) is 0.214. The van der Waals surface area contributed by atoms with E-state index in [-0.39, 0.29) is 5.91 Å².